The van der Waals surface area contributed by atoms with Crippen molar-refractivity contribution in [3.8, 4) is 0 Å². The Balaban J connectivity index is 1.65. The molecule has 0 N–H and O–H groups in total. The summed E-state index contributed by atoms with van der Waals surface area (Å²) in [6.07, 6.45) is 9.79. The Morgan fingerprint density at radius 2 is 1.88 bits per heavy atom. The fraction of sp³-hybridized carbons (Fsp3) is 0.818. The van der Waals surface area contributed by atoms with E-state index in [4.69, 9.17) is 4.74 Å². The van der Waals surface area contributed by atoms with Crippen molar-refractivity contribution in [3.63, 3.8) is 0 Å². The summed E-state index contributed by atoms with van der Waals surface area (Å²) in [7, 11) is 0. The predicted octanol–water partition coefficient (Wildman–Crippen LogP) is 4.70. The molecule has 0 radical (unpaired) electrons. The van der Waals surface area contributed by atoms with Crippen LogP contribution in [0.2, 0.25) is 0 Å². The van der Waals surface area contributed by atoms with E-state index < -0.39 is 0 Å². The molecule has 138 valence electrons. The van der Waals surface area contributed by atoms with Crippen LogP contribution in [0.4, 0.5) is 0 Å². The van der Waals surface area contributed by atoms with Gasteiger partial charge in [0.05, 0.1) is 0 Å². The summed E-state index contributed by atoms with van der Waals surface area (Å²) in [5.41, 5.74) is 1.66. The van der Waals surface area contributed by atoms with Crippen LogP contribution in [0.1, 0.15) is 72.6 Å². The van der Waals surface area contributed by atoms with Crippen LogP contribution in [0.3, 0.4) is 0 Å². The lowest BCUT2D eigenvalue weighted by molar-refractivity contribution is -0.158. The van der Waals surface area contributed by atoms with Crippen molar-refractivity contribution in [2.45, 2.75) is 78.7 Å². The lowest BCUT2D eigenvalue weighted by Gasteiger charge is -2.60. The molecule has 0 unspecified atom stereocenters. The van der Waals surface area contributed by atoms with Crippen LogP contribution >= 0.6 is 0 Å². The summed E-state index contributed by atoms with van der Waals surface area (Å²) >= 11 is 0. The smallest absolute Gasteiger partial charge is 0.302 e. The van der Waals surface area contributed by atoms with Crippen molar-refractivity contribution in [3.05, 3.63) is 11.6 Å². The first-order valence-corrected chi connectivity index (χ1v) is 10.2. The van der Waals surface area contributed by atoms with E-state index in [2.05, 4.69) is 20.8 Å². The molecule has 3 saturated carbocycles. The Kier molecular flexibility index (Phi) is 3.94. The van der Waals surface area contributed by atoms with Crippen LogP contribution in [-0.2, 0) is 14.3 Å². The molecule has 4 aliphatic rings. The fourth-order valence-corrected chi connectivity index (χ4v) is 7.40. The maximum absolute atomic E-state index is 12.1. The lowest BCUT2D eigenvalue weighted by Crippen LogP contribution is -2.54. The molecule has 3 nitrogen and oxygen atoms in total. The monoisotopic (exact) mass is 344 g/mol. The van der Waals surface area contributed by atoms with Gasteiger partial charge < -0.3 is 4.74 Å². The van der Waals surface area contributed by atoms with Crippen molar-refractivity contribution in [1.82, 2.24) is 0 Å². The first-order valence-electron chi connectivity index (χ1n) is 10.2. The van der Waals surface area contributed by atoms with Crippen LogP contribution in [-0.4, -0.2) is 17.9 Å². The number of carbonyl (C=O) groups is 2. The molecule has 0 heterocycles. The van der Waals surface area contributed by atoms with Gasteiger partial charge in [-0.1, -0.05) is 19.4 Å². The van der Waals surface area contributed by atoms with Gasteiger partial charge in [-0.05, 0) is 80.6 Å². The van der Waals surface area contributed by atoms with Crippen molar-refractivity contribution in [2.75, 3.05) is 0 Å². The zero-order valence-corrected chi connectivity index (χ0v) is 16.1. The molecular formula is C22H32O3. The molecule has 0 aromatic carbocycles. The van der Waals surface area contributed by atoms with Crippen LogP contribution in [0.25, 0.3) is 0 Å². The minimum Gasteiger partial charge on any atom is -0.462 e. The van der Waals surface area contributed by atoms with Gasteiger partial charge in [0.1, 0.15) is 6.10 Å². The number of allylic oxidation sites excluding steroid dienone is 2. The minimum atomic E-state index is -0.130. The van der Waals surface area contributed by atoms with E-state index >= 15 is 0 Å². The minimum absolute atomic E-state index is 0.103. The average molecular weight is 344 g/mol. The molecule has 3 heteroatoms. The van der Waals surface area contributed by atoms with Crippen molar-refractivity contribution in [1.29, 1.82) is 0 Å². The summed E-state index contributed by atoms with van der Waals surface area (Å²) in [6.45, 7) is 8.54. The number of esters is 1. The first kappa shape index (κ1) is 17.3. The van der Waals surface area contributed by atoms with Crippen LogP contribution < -0.4 is 0 Å². The first-order chi connectivity index (χ1) is 11.8. The molecule has 7 atom stereocenters. The zero-order valence-electron chi connectivity index (χ0n) is 16.1. The van der Waals surface area contributed by atoms with Crippen molar-refractivity contribution < 1.29 is 14.3 Å². The molecule has 4 aliphatic carbocycles. The average Bonchev–Trinajstić information content (AvgIpc) is 2.85. The highest BCUT2D eigenvalue weighted by atomic mass is 16.5. The standard InChI is InChI=1S/C22H32O3/c1-13-11-16(24)12-15-5-6-17-18-7-8-20(25-14(2)23)21(18,3)10-9-19(17)22(13,15)4/h11,15,17-20H,5-10,12H2,1-4H3/t15-,17+,18+,19-,20+,21-,22+/m0/s1. The zero-order chi connectivity index (χ0) is 18.0. The molecular weight excluding hydrogens is 312 g/mol. The number of rotatable bonds is 1. The molecule has 25 heavy (non-hydrogen) atoms. The highest BCUT2D eigenvalue weighted by molar-refractivity contribution is 5.91. The van der Waals surface area contributed by atoms with Gasteiger partial charge in [-0.2, -0.15) is 0 Å². The third-order valence-corrected chi connectivity index (χ3v) is 8.80. The third kappa shape index (κ3) is 2.37. The summed E-state index contributed by atoms with van der Waals surface area (Å²) in [6, 6.07) is 0. The van der Waals surface area contributed by atoms with E-state index in [1.54, 1.807) is 6.92 Å². The Hall–Kier alpha value is -1.12. The molecule has 0 bridgehead atoms. The summed E-state index contributed by atoms with van der Waals surface area (Å²) in [5.74, 6) is 2.80. The van der Waals surface area contributed by atoms with Crippen LogP contribution in [0, 0.1) is 34.5 Å². The van der Waals surface area contributed by atoms with Gasteiger partial charge in [0, 0.05) is 18.8 Å². The van der Waals surface area contributed by atoms with Crippen LogP contribution in [0.15, 0.2) is 11.6 Å². The highest BCUT2D eigenvalue weighted by Crippen LogP contribution is 2.66. The second-order valence-corrected chi connectivity index (χ2v) is 9.65. The van der Waals surface area contributed by atoms with E-state index in [9.17, 15) is 9.59 Å². The number of fused-ring (bicyclic) bond motifs is 5. The van der Waals surface area contributed by atoms with Crippen molar-refractivity contribution in [2.24, 2.45) is 34.5 Å². The molecule has 3 fully saturated rings. The molecule has 0 spiro atoms. The molecule has 0 aromatic rings. The normalized spacial score (nSPS) is 48.9. The largest absolute Gasteiger partial charge is 0.462 e. The van der Waals surface area contributed by atoms with E-state index in [0.29, 0.717) is 23.5 Å². The number of ether oxygens (including phenoxy) is 1. The number of carbonyl (C=O) groups excluding carboxylic acids is 2. The number of hydrogen-bond donors (Lipinski definition) is 0. The molecule has 4 rings (SSSR count). The predicted molar refractivity (Wildman–Crippen MR) is 96.8 cm³/mol. The second kappa shape index (κ2) is 5.69. The number of ketones is 1. The third-order valence-electron chi connectivity index (χ3n) is 8.80. The van der Waals surface area contributed by atoms with Gasteiger partial charge in [0.25, 0.3) is 0 Å². The summed E-state index contributed by atoms with van der Waals surface area (Å²) < 4.78 is 5.74. The maximum Gasteiger partial charge on any atom is 0.302 e. The Morgan fingerprint density at radius 1 is 1.12 bits per heavy atom. The Morgan fingerprint density at radius 3 is 2.60 bits per heavy atom. The van der Waals surface area contributed by atoms with E-state index in [1.165, 1.54) is 31.3 Å². The van der Waals surface area contributed by atoms with Gasteiger partial charge in [0.2, 0.25) is 0 Å². The second-order valence-electron chi connectivity index (χ2n) is 9.65. The molecule has 0 amide bonds. The quantitative estimate of drug-likeness (QED) is 0.648. The lowest BCUT2D eigenvalue weighted by atomic mass is 9.45. The summed E-state index contributed by atoms with van der Waals surface area (Å²) in [5, 5.41) is 0. The van der Waals surface area contributed by atoms with Gasteiger partial charge in [0.15, 0.2) is 5.78 Å². The summed E-state index contributed by atoms with van der Waals surface area (Å²) in [4.78, 5) is 23.6. The van der Waals surface area contributed by atoms with E-state index in [0.717, 1.165) is 25.2 Å². The van der Waals surface area contributed by atoms with Gasteiger partial charge in [-0.25, -0.2) is 0 Å². The highest BCUT2D eigenvalue weighted by Gasteiger charge is 2.61. The SMILES string of the molecule is CC(=O)O[C@@H]1CC[C@@H]2[C@H]3CC[C@H]4CC(=O)C=C(C)[C@@]4(C)[C@H]3CC[C@@]21C. The van der Waals surface area contributed by atoms with Gasteiger partial charge in [-0.15, -0.1) is 0 Å². The van der Waals surface area contributed by atoms with E-state index in [-0.39, 0.29) is 22.9 Å². The topological polar surface area (TPSA) is 43.4 Å². The fourth-order valence-electron chi connectivity index (χ4n) is 7.40. The molecule has 0 saturated heterocycles. The van der Waals surface area contributed by atoms with Crippen LogP contribution in [0.5, 0.6) is 0 Å². The van der Waals surface area contributed by atoms with E-state index in [1.807, 2.05) is 6.08 Å². The Bertz CT molecular complexity index is 635. The Labute approximate surface area is 151 Å². The number of hydrogen-bond acceptors (Lipinski definition) is 3. The van der Waals surface area contributed by atoms with Gasteiger partial charge in [-0.3, -0.25) is 9.59 Å². The molecule has 0 aliphatic heterocycles. The molecule has 0 aromatic heterocycles. The van der Waals surface area contributed by atoms with Gasteiger partial charge >= 0.3 is 5.97 Å². The van der Waals surface area contributed by atoms with Crippen molar-refractivity contribution >= 4 is 11.8 Å². The maximum atomic E-state index is 12.1.